The van der Waals surface area contributed by atoms with Gasteiger partial charge in [0.1, 0.15) is 6.29 Å². The number of hydrogen-bond donors (Lipinski definition) is 0. The maximum absolute atomic E-state index is 10.6. The van der Waals surface area contributed by atoms with Crippen LogP contribution >= 0.6 is 0 Å². The molecule has 1 aromatic rings. The zero-order chi connectivity index (χ0) is 10.9. The summed E-state index contributed by atoms with van der Waals surface area (Å²) in [6.07, 6.45) is 1.46. The predicted octanol–water partition coefficient (Wildman–Crippen LogP) is 2.28. The lowest BCUT2D eigenvalue weighted by Gasteiger charge is -2.22. The van der Waals surface area contributed by atoms with Gasteiger partial charge in [-0.1, -0.05) is 19.9 Å². The molecule has 1 aliphatic heterocycles. The molecular weight excluding hydrogens is 192 g/mol. The van der Waals surface area contributed by atoms with Crippen molar-refractivity contribution in [3.63, 3.8) is 0 Å². The van der Waals surface area contributed by atoms with Gasteiger partial charge in [-0.3, -0.25) is 0 Å². The number of carbonyl (C=O) groups excluding carboxylic acids is 1. The molecule has 0 N–H and O–H groups in total. The number of benzene rings is 1. The molecule has 1 aromatic carbocycles. The van der Waals surface area contributed by atoms with Gasteiger partial charge >= 0.3 is 0 Å². The zero-order valence-electron chi connectivity index (χ0n) is 8.95. The van der Waals surface area contributed by atoms with E-state index in [1.165, 1.54) is 0 Å². The molecule has 15 heavy (non-hydrogen) atoms. The molecule has 0 radical (unpaired) electrons. The highest BCUT2D eigenvalue weighted by atomic mass is 16.7. The fourth-order valence-corrected chi connectivity index (χ4v) is 1.64. The van der Waals surface area contributed by atoms with E-state index in [0.717, 1.165) is 23.3 Å². The quantitative estimate of drug-likeness (QED) is 0.712. The summed E-state index contributed by atoms with van der Waals surface area (Å²) in [5, 5.41) is 0. The molecule has 0 saturated heterocycles. The number of hydrogen-bond acceptors (Lipinski definition) is 3. The van der Waals surface area contributed by atoms with Crippen molar-refractivity contribution in [2.45, 2.75) is 25.7 Å². The van der Waals surface area contributed by atoms with Crippen LogP contribution in [-0.4, -0.2) is 13.1 Å². The first kappa shape index (κ1) is 10.0. The zero-order valence-corrected chi connectivity index (χ0v) is 8.95. The van der Waals surface area contributed by atoms with E-state index in [1.807, 2.05) is 32.0 Å². The van der Waals surface area contributed by atoms with E-state index < -0.39 is 0 Å². The normalized spacial score (nSPS) is 14.0. The Morgan fingerprint density at radius 1 is 1.33 bits per heavy atom. The first-order chi connectivity index (χ1) is 7.13. The molecule has 0 unspecified atom stereocenters. The Bertz CT molecular complexity index is 382. The van der Waals surface area contributed by atoms with Gasteiger partial charge in [0.25, 0.3) is 0 Å². The van der Waals surface area contributed by atoms with Crippen molar-refractivity contribution in [3.05, 3.63) is 23.8 Å². The van der Waals surface area contributed by atoms with Gasteiger partial charge < -0.3 is 14.3 Å². The number of ether oxygens (including phenoxy) is 2. The molecule has 0 aromatic heterocycles. The third kappa shape index (κ3) is 1.82. The number of aldehydes is 1. The monoisotopic (exact) mass is 206 g/mol. The molecule has 0 spiro atoms. The minimum atomic E-state index is -0.150. The second-order valence-corrected chi connectivity index (χ2v) is 4.32. The summed E-state index contributed by atoms with van der Waals surface area (Å²) in [5.74, 6) is 1.55. The average Bonchev–Trinajstić information content (AvgIpc) is 2.63. The summed E-state index contributed by atoms with van der Waals surface area (Å²) < 4.78 is 10.5. The van der Waals surface area contributed by atoms with Gasteiger partial charge in [-0.25, -0.2) is 0 Å². The van der Waals surface area contributed by atoms with Gasteiger partial charge in [-0.15, -0.1) is 0 Å². The fourth-order valence-electron chi connectivity index (χ4n) is 1.64. The van der Waals surface area contributed by atoms with Crippen molar-refractivity contribution in [2.24, 2.45) is 0 Å². The summed E-state index contributed by atoms with van der Waals surface area (Å²) in [5.41, 5.74) is 0.946. The van der Waals surface area contributed by atoms with Crippen molar-refractivity contribution in [3.8, 4) is 11.5 Å². The SMILES string of the molecule is CC(C)(CC=O)c1ccc2c(c1)OCO2. The lowest BCUT2D eigenvalue weighted by molar-refractivity contribution is -0.108. The third-order valence-electron chi connectivity index (χ3n) is 2.75. The van der Waals surface area contributed by atoms with E-state index >= 15 is 0 Å². The van der Waals surface area contributed by atoms with Crippen LogP contribution in [0.15, 0.2) is 18.2 Å². The number of carbonyl (C=O) groups is 1. The standard InChI is InChI=1S/C12H14O3/c1-12(2,5-6-13)9-3-4-10-11(7-9)15-8-14-10/h3-4,6-7H,5,8H2,1-2H3. The van der Waals surface area contributed by atoms with E-state index in [4.69, 9.17) is 9.47 Å². The molecule has 2 rings (SSSR count). The molecule has 0 fully saturated rings. The van der Waals surface area contributed by atoms with Gasteiger partial charge in [-0.05, 0) is 23.1 Å². The molecule has 3 nitrogen and oxygen atoms in total. The van der Waals surface area contributed by atoms with Gasteiger partial charge in [-0.2, -0.15) is 0 Å². The highest BCUT2D eigenvalue weighted by Crippen LogP contribution is 2.37. The van der Waals surface area contributed by atoms with Crippen molar-refractivity contribution in [2.75, 3.05) is 6.79 Å². The third-order valence-corrected chi connectivity index (χ3v) is 2.75. The summed E-state index contributed by atoms with van der Waals surface area (Å²) in [4.78, 5) is 10.6. The van der Waals surface area contributed by atoms with E-state index in [-0.39, 0.29) is 12.2 Å². The summed E-state index contributed by atoms with van der Waals surface area (Å²) in [6, 6.07) is 5.83. The van der Waals surface area contributed by atoms with Crippen LogP contribution in [0.1, 0.15) is 25.8 Å². The Balaban J connectivity index is 2.33. The van der Waals surface area contributed by atoms with Gasteiger partial charge in [0.05, 0.1) is 0 Å². The highest BCUT2D eigenvalue weighted by Gasteiger charge is 2.23. The van der Waals surface area contributed by atoms with Crippen LogP contribution in [-0.2, 0) is 10.2 Å². The Kier molecular flexibility index (Phi) is 2.39. The molecule has 0 amide bonds. The molecular formula is C12H14O3. The second-order valence-electron chi connectivity index (χ2n) is 4.32. The molecule has 0 aliphatic carbocycles. The molecule has 1 heterocycles. The summed E-state index contributed by atoms with van der Waals surface area (Å²) in [7, 11) is 0. The van der Waals surface area contributed by atoms with Crippen LogP contribution in [0, 0.1) is 0 Å². The number of rotatable bonds is 3. The van der Waals surface area contributed by atoms with Crippen molar-refractivity contribution in [1.82, 2.24) is 0 Å². The topological polar surface area (TPSA) is 35.5 Å². The smallest absolute Gasteiger partial charge is 0.231 e. The first-order valence-corrected chi connectivity index (χ1v) is 4.97. The van der Waals surface area contributed by atoms with E-state index in [1.54, 1.807) is 0 Å². The number of fused-ring (bicyclic) bond motifs is 1. The highest BCUT2D eigenvalue weighted by molar-refractivity contribution is 5.54. The molecule has 80 valence electrons. The van der Waals surface area contributed by atoms with E-state index in [0.29, 0.717) is 6.42 Å². The van der Waals surface area contributed by atoms with Crippen LogP contribution in [0.4, 0.5) is 0 Å². The Morgan fingerprint density at radius 3 is 2.80 bits per heavy atom. The molecule has 0 bridgehead atoms. The van der Waals surface area contributed by atoms with Gasteiger partial charge in [0.15, 0.2) is 11.5 Å². The van der Waals surface area contributed by atoms with Crippen LogP contribution in [0.3, 0.4) is 0 Å². The maximum Gasteiger partial charge on any atom is 0.231 e. The van der Waals surface area contributed by atoms with E-state index in [9.17, 15) is 4.79 Å². The van der Waals surface area contributed by atoms with Gasteiger partial charge in [0.2, 0.25) is 6.79 Å². The van der Waals surface area contributed by atoms with Crippen molar-refractivity contribution < 1.29 is 14.3 Å². The van der Waals surface area contributed by atoms with Crippen LogP contribution < -0.4 is 9.47 Å². The maximum atomic E-state index is 10.6. The van der Waals surface area contributed by atoms with Crippen molar-refractivity contribution >= 4 is 6.29 Å². The Hall–Kier alpha value is -1.51. The van der Waals surface area contributed by atoms with Crippen LogP contribution in [0.2, 0.25) is 0 Å². The van der Waals surface area contributed by atoms with Crippen LogP contribution in [0.25, 0.3) is 0 Å². The lowest BCUT2D eigenvalue weighted by atomic mass is 9.82. The minimum Gasteiger partial charge on any atom is -0.454 e. The Morgan fingerprint density at radius 2 is 2.07 bits per heavy atom. The average molecular weight is 206 g/mol. The molecule has 0 saturated carbocycles. The second kappa shape index (κ2) is 3.57. The Labute approximate surface area is 89.0 Å². The summed E-state index contributed by atoms with van der Waals surface area (Å²) in [6.45, 7) is 4.37. The molecule has 3 heteroatoms. The minimum absolute atomic E-state index is 0.150. The van der Waals surface area contributed by atoms with E-state index in [2.05, 4.69) is 0 Å². The van der Waals surface area contributed by atoms with Gasteiger partial charge in [0, 0.05) is 6.42 Å². The first-order valence-electron chi connectivity index (χ1n) is 4.97. The van der Waals surface area contributed by atoms with Crippen LogP contribution in [0.5, 0.6) is 11.5 Å². The fraction of sp³-hybridized carbons (Fsp3) is 0.417. The summed E-state index contributed by atoms with van der Waals surface area (Å²) >= 11 is 0. The molecule has 0 atom stereocenters. The largest absolute Gasteiger partial charge is 0.454 e. The lowest BCUT2D eigenvalue weighted by Crippen LogP contribution is -2.17. The molecule has 1 aliphatic rings. The predicted molar refractivity (Wildman–Crippen MR) is 56.3 cm³/mol. The van der Waals surface area contributed by atoms with Crippen molar-refractivity contribution in [1.29, 1.82) is 0 Å².